The third-order valence-corrected chi connectivity index (χ3v) is 7.77. The summed E-state index contributed by atoms with van der Waals surface area (Å²) in [5, 5.41) is 19.8. The first-order valence-electron chi connectivity index (χ1n) is 10.7. The molecule has 1 aliphatic heterocycles. The van der Waals surface area contributed by atoms with Gasteiger partial charge in [0.2, 0.25) is 0 Å². The monoisotopic (exact) mass is 373 g/mol. The van der Waals surface area contributed by atoms with E-state index in [-0.39, 0.29) is 17.9 Å². The number of fused-ring (bicyclic) bond motifs is 4. The van der Waals surface area contributed by atoms with Crippen LogP contribution in [0.15, 0.2) is 18.2 Å². The average Bonchev–Trinajstić information content (AvgIpc) is 3.49. The van der Waals surface area contributed by atoms with E-state index in [0.717, 1.165) is 37.5 Å². The van der Waals surface area contributed by atoms with E-state index in [1.54, 1.807) is 7.11 Å². The van der Waals surface area contributed by atoms with Crippen LogP contribution in [-0.4, -0.2) is 54.1 Å². The standard InChI is InChI=1S/C23H35NO3/c1-15(22(26)14-25)12-23-8-9-24(13-17-4-5-17)21(16(23)2)10-18-6-7-19(27-3)11-20(18)23/h6-7,11,15-17,21-22,25-26H,4-5,8-10,12-14H2,1-3H3/t15?,16-,21?,22+,23+/m0/s1. The zero-order chi connectivity index (χ0) is 19.2. The second-order valence-electron chi connectivity index (χ2n) is 9.36. The van der Waals surface area contributed by atoms with Gasteiger partial charge in [-0.2, -0.15) is 0 Å². The maximum Gasteiger partial charge on any atom is 0.119 e. The van der Waals surface area contributed by atoms with Crippen LogP contribution < -0.4 is 4.74 Å². The molecule has 4 nitrogen and oxygen atoms in total. The molecule has 2 bridgehead atoms. The summed E-state index contributed by atoms with van der Waals surface area (Å²) in [6.07, 6.45) is 5.31. The first-order chi connectivity index (χ1) is 13.0. The van der Waals surface area contributed by atoms with Gasteiger partial charge in [0, 0.05) is 18.0 Å². The van der Waals surface area contributed by atoms with Crippen molar-refractivity contribution in [3.63, 3.8) is 0 Å². The molecule has 4 heteroatoms. The lowest BCUT2D eigenvalue weighted by atomic mass is 9.55. The number of nitrogens with zero attached hydrogens (tertiary/aromatic N) is 1. The lowest BCUT2D eigenvalue weighted by Gasteiger charge is -2.57. The van der Waals surface area contributed by atoms with Crippen molar-refractivity contribution in [1.82, 2.24) is 4.90 Å². The average molecular weight is 374 g/mol. The van der Waals surface area contributed by atoms with Gasteiger partial charge >= 0.3 is 0 Å². The summed E-state index contributed by atoms with van der Waals surface area (Å²) < 4.78 is 5.55. The number of hydrogen-bond acceptors (Lipinski definition) is 4. The SMILES string of the molecule is COc1ccc2c(c1)[C@@]1(CC(C)[C@H](O)CO)CCN(CC3CC3)C(C2)[C@@H]1C. The number of methoxy groups -OCH3 is 1. The third kappa shape index (κ3) is 3.41. The molecule has 1 aromatic carbocycles. The second-order valence-corrected chi connectivity index (χ2v) is 9.36. The van der Waals surface area contributed by atoms with Crippen LogP contribution in [-0.2, 0) is 11.8 Å². The first-order valence-corrected chi connectivity index (χ1v) is 10.7. The van der Waals surface area contributed by atoms with E-state index >= 15 is 0 Å². The molecule has 5 atom stereocenters. The van der Waals surface area contributed by atoms with Gasteiger partial charge in [-0.25, -0.2) is 0 Å². The summed E-state index contributed by atoms with van der Waals surface area (Å²) in [5.41, 5.74) is 2.93. The smallest absolute Gasteiger partial charge is 0.119 e. The van der Waals surface area contributed by atoms with Gasteiger partial charge < -0.3 is 14.9 Å². The van der Waals surface area contributed by atoms with Crippen LogP contribution in [0.4, 0.5) is 0 Å². The fourth-order valence-electron chi connectivity index (χ4n) is 5.80. The summed E-state index contributed by atoms with van der Waals surface area (Å²) >= 11 is 0. The van der Waals surface area contributed by atoms with E-state index < -0.39 is 6.10 Å². The summed E-state index contributed by atoms with van der Waals surface area (Å²) in [6.45, 7) is 6.75. The zero-order valence-corrected chi connectivity index (χ0v) is 17.0. The Kier molecular flexibility index (Phi) is 5.26. The highest BCUT2D eigenvalue weighted by Gasteiger charge is 2.52. The van der Waals surface area contributed by atoms with Crippen LogP contribution in [0.25, 0.3) is 0 Å². The maximum absolute atomic E-state index is 10.3. The molecule has 27 heavy (non-hydrogen) atoms. The quantitative estimate of drug-likeness (QED) is 0.771. The van der Waals surface area contributed by atoms with Gasteiger partial charge in [0.25, 0.3) is 0 Å². The summed E-state index contributed by atoms with van der Waals surface area (Å²) in [5.74, 6) is 2.45. The Balaban J connectivity index is 1.71. The highest BCUT2D eigenvalue weighted by molar-refractivity contribution is 5.45. The minimum Gasteiger partial charge on any atom is -0.497 e. The molecule has 0 radical (unpaired) electrons. The lowest BCUT2D eigenvalue weighted by Crippen LogP contribution is -2.60. The van der Waals surface area contributed by atoms with Crippen LogP contribution in [0.2, 0.25) is 0 Å². The predicted octanol–water partition coefficient (Wildman–Crippen LogP) is 2.99. The number of likely N-dealkylation sites (tertiary alicyclic amines) is 1. The zero-order valence-electron chi connectivity index (χ0n) is 17.0. The highest BCUT2D eigenvalue weighted by atomic mass is 16.5. The third-order valence-electron chi connectivity index (χ3n) is 7.77. The summed E-state index contributed by atoms with van der Waals surface area (Å²) in [4.78, 5) is 2.75. The van der Waals surface area contributed by atoms with Crippen molar-refractivity contribution in [1.29, 1.82) is 0 Å². The van der Waals surface area contributed by atoms with E-state index in [0.29, 0.717) is 12.0 Å². The molecular formula is C23H35NO3. The summed E-state index contributed by atoms with van der Waals surface area (Å²) in [6, 6.07) is 7.18. The van der Waals surface area contributed by atoms with E-state index in [1.807, 2.05) is 0 Å². The molecular weight excluding hydrogens is 338 g/mol. The predicted molar refractivity (Wildman–Crippen MR) is 107 cm³/mol. The van der Waals surface area contributed by atoms with Crippen LogP contribution in [0.5, 0.6) is 5.75 Å². The van der Waals surface area contributed by atoms with Crippen LogP contribution in [0.3, 0.4) is 0 Å². The van der Waals surface area contributed by atoms with Crippen molar-refractivity contribution in [2.45, 2.75) is 63.5 Å². The van der Waals surface area contributed by atoms with Crippen LogP contribution in [0, 0.1) is 17.8 Å². The maximum atomic E-state index is 10.3. The number of hydrogen-bond donors (Lipinski definition) is 2. The van der Waals surface area contributed by atoms with Crippen LogP contribution in [0.1, 0.15) is 50.7 Å². The van der Waals surface area contributed by atoms with Gasteiger partial charge in [-0.3, -0.25) is 4.90 Å². The van der Waals surface area contributed by atoms with Gasteiger partial charge in [-0.1, -0.05) is 19.9 Å². The Hall–Kier alpha value is -1.10. The Morgan fingerprint density at radius 3 is 2.78 bits per heavy atom. The van der Waals surface area contributed by atoms with Gasteiger partial charge in [0.15, 0.2) is 0 Å². The number of benzene rings is 1. The van der Waals surface area contributed by atoms with E-state index in [2.05, 4.69) is 36.9 Å². The molecule has 150 valence electrons. The van der Waals surface area contributed by atoms with Crippen molar-refractivity contribution < 1.29 is 14.9 Å². The largest absolute Gasteiger partial charge is 0.497 e. The molecule has 1 aromatic rings. The van der Waals surface area contributed by atoms with E-state index in [1.165, 1.54) is 30.5 Å². The second kappa shape index (κ2) is 7.38. The molecule has 2 unspecified atom stereocenters. The molecule has 1 heterocycles. The Morgan fingerprint density at radius 2 is 2.11 bits per heavy atom. The fourth-order valence-corrected chi connectivity index (χ4v) is 5.80. The van der Waals surface area contributed by atoms with Gasteiger partial charge in [0.1, 0.15) is 5.75 Å². The Morgan fingerprint density at radius 1 is 1.33 bits per heavy atom. The molecule has 2 fully saturated rings. The van der Waals surface area contributed by atoms with Crippen molar-refractivity contribution in [2.24, 2.45) is 17.8 Å². The highest BCUT2D eigenvalue weighted by Crippen LogP contribution is 2.53. The Bertz CT molecular complexity index is 674. The van der Waals surface area contributed by atoms with Crippen molar-refractivity contribution >= 4 is 0 Å². The molecule has 0 spiro atoms. The van der Waals surface area contributed by atoms with Crippen molar-refractivity contribution in [3.05, 3.63) is 29.3 Å². The van der Waals surface area contributed by atoms with E-state index in [9.17, 15) is 10.2 Å². The Labute approximate surface area is 163 Å². The van der Waals surface area contributed by atoms with Crippen molar-refractivity contribution in [3.8, 4) is 5.75 Å². The van der Waals surface area contributed by atoms with Gasteiger partial charge in [-0.15, -0.1) is 0 Å². The van der Waals surface area contributed by atoms with Gasteiger partial charge in [-0.05, 0) is 79.7 Å². The fraction of sp³-hybridized carbons (Fsp3) is 0.739. The first kappa shape index (κ1) is 19.2. The minimum absolute atomic E-state index is 0.0579. The van der Waals surface area contributed by atoms with Crippen molar-refractivity contribution in [2.75, 3.05) is 26.8 Å². The molecule has 2 aliphatic carbocycles. The summed E-state index contributed by atoms with van der Waals surface area (Å²) in [7, 11) is 1.74. The molecule has 0 amide bonds. The van der Waals surface area contributed by atoms with Crippen LogP contribution >= 0.6 is 0 Å². The number of aliphatic hydroxyl groups is 2. The topological polar surface area (TPSA) is 52.9 Å². The number of aliphatic hydroxyl groups excluding tert-OH is 2. The molecule has 1 saturated carbocycles. The minimum atomic E-state index is -0.648. The molecule has 2 N–H and O–H groups in total. The molecule has 1 saturated heterocycles. The molecule has 0 aromatic heterocycles. The number of piperidine rings is 1. The number of ether oxygens (including phenoxy) is 1. The number of rotatable bonds is 7. The van der Waals surface area contributed by atoms with E-state index in [4.69, 9.17) is 4.74 Å². The molecule has 3 aliphatic rings. The lowest BCUT2D eigenvalue weighted by molar-refractivity contribution is -0.0142. The van der Waals surface area contributed by atoms with Gasteiger partial charge in [0.05, 0.1) is 19.8 Å². The molecule has 4 rings (SSSR count). The normalized spacial score (nSPS) is 32.6.